The zero-order valence-corrected chi connectivity index (χ0v) is 6.97. The highest BCUT2D eigenvalue weighted by Crippen LogP contribution is 1.82. The molecule has 4 heteroatoms. The summed E-state index contributed by atoms with van der Waals surface area (Å²) in [6, 6.07) is 0. The molecular weight excluding hydrogens is 142 g/mol. The summed E-state index contributed by atoms with van der Waals surface area (Å²) in [7, 11) is 0. The Kier molecular flexibility index (Phi) is 9.70. The van der Waals surface area contributed by atoms with E-state index in [-0.39, 0.29) is 0 Å². The molecule has 68 valence electrons. The van der Waals surface area contributed by atoms with Crippen molar-refractivity contribution in [2.75, 3.05) is 26.2 Å². The molecule has 0 radical (unpaired) electrons. The molecule has 0 aliphatic carbocycles. The molecule has 0 fully saturated rings. The molecule has 0 aliphatic heterocycles. The highest BCUT2D eigenvalue weighted by atomic mass is 16.5. The molecule has 0 aromatic carbocycles. The van der Waals surface area contributed by atoms with E-state index < -0.39 is 0 Å². The molecule has 0 spiro atoms. The third kappa shape index (κ3) is 9.84. The van der Waals surface area contributed by atoms with Gasteiger partial charge in [-0.25, -0.2) is 5.48 Å². The SMILES string of the molecule is NCCCCNCCCNO. The monoisotopic (exact) mass is 161 g/mol. The van der Waals surface area contributed by atoms with E-state index in [1.165, 1.54) is 0 Å². The number of rotatable bonds is 8. The first-order chi connectivity index (χ1) is 5.41. The lowest BCUT2D eigenvalue weighted by atomic mass is 10.3. The van der Waals surface area contributed by atoms with Gasteiger partial charge in [0.05, 0.1) is 0 Å². The van der Waals surface area contributed by atoms with Crippen LogP contribution in [0.3, 0.4) is 0 Å². The number of nitrogens with one attached hydrogen (secondary N) is 2. The zero-order chi connectivity index (χ0) is 8.36. The summed E-state index contributed by atoms with van der Waals surface area (Å²) in [4.78, 5) is 0. The molecule has 0 saturated carbocycles. The van der Waals surface area contributed by atoms with Crippen LogP contribution in [0.2, 0.25) is 0 Å². The van der Waals surface area contributed by atoms with Crippen molar-refractivity contribution in [1.82, 2.24) is 10.8 Å². The van der Waals surface area contributed by atoms with Gasteiger partial charge in [-0.2, -0.15) is 0 Å². The Labute approximate surface area is 68.1 Å². The molecule has 0 aromatic rings. The summed E-state index contributed by atoms with van der Waals surface area (Å²) in [5.74, 6) is 0. The van der Waals surface area contributed by atoms with Gasteiger partial charge in [-0.05, 0) is 38.9 Å². The van der Waals surface area contributed by atoms with Crippen LogP contribution in [-0.2, 0) is 0 Å². The van der Waals surface area contributed by atoms with E-state index in [4.69, 9.17) is 10.9 Å². The Balaban J connectivity index is 2.69. The van der Waals surface area contributed by atoms with Crippen molar-refractivity contribution in [1.29, 1.82) is 0 Å². The van der Waals surface area contributed by atoms with Crippen molar-refractivity contribution < 1.29 is 5.21 Å². The first kappa shape index (κ1) is 10.8. The minimum Gasteiger partial charge on any atom is -0.330 e. The van der Waals surface area contributed by atoms with Crippen molar-refractivity contribution in [2.24, 2.45) is 5.73 Å². The second kappa shape index (κ2) is 9.84. The summed E-state index contributed by atoms with van der Waals surface area (Å²) in [5, 5.41) is 11.5. The van der Waals surface area contributed by atoms with E-state index in [1.807, 2.05) is 0 Å². The van der Waals surface area contributed by atoms with Gasteiger partial charge in [0.1, 0.15) is 0 Å². The maximum atomic E-state index is 8.21. The van der Waals surface area contributed by atoms with Gasteiger partial charge in [-0.3, -0.25) is 0 Å². The Morgan fingerprint density at radius 2 is 1.73 bits per heavy atom. The van der Waals surface area contributed by atoms with Crippen LogP contribution in [-0.4, -0.2) is 31.4 Å². The van der Waals surface area contributed by atoms with E-state index in [0.29, 0.717) is 6.54 Å². The predicted molar refractivity (Wildman–Crippen MR) is 45.6 cm³/mol. The summed E-state index contributed by atoms with van der Waals surface area (Å²) in [6.45, 7) is 3.42. The van der Waals surface area contributed by atoms with E-state index in [9.17, 15) is 0 Å². The van der Waals surface area contributed by atoms with Crippen molar-refractivity contribution in [2.45, 2.75) is 19.3 Å². The fraction of sp³-hybridized carbons (Fsp3) is 1.00. The van der Waals surface area contributed by atoms with Crippen LogP contribution in [0.5, 0.6) is 0 Å². The number of unbranched alkanes of at least 4 members (excludes halogenated alkanes) is 1. The van der Waals surface area contributed by atoms with Crippen molar-refractivity contribution in [3.8, 4) is 0 Å². The standard InChI is InChI=1S/C7H19N3O/c8-4-1-2-5-9-6-3-7-10-11/h9-11H,1-8H2. The topological polar surface area (TPSA) is 70.3 Å². The van der Waals surface area contributed by atoms with Gasteiger partial charge in [0.15, 0.2) is 0 Å². The summed E-state index contributed by atoms with van der Waals surface area (Å²) in [5.41, 5.74) is 7.43. The van der Waals surface area contributed by atoms with Crippen LogP contribution in [0.25, 0.3) is 0 Å². The maximum absolute atomic E-state index is 8.21. The maximum Gasteiger partial charge on any atom is 0.0219 e. The van der Waals surface area contributed by atoms with Gasteiger partial charge in [-0.1, -0.05) is 0 Å². The number of hydroxylamine groups is 1. The average Bonchev–Trinajstić information content (AvgIpc) is 2.03. The van der Waals surface area contributed by atoms with Gasteiger partial charge < -0.3 is 16.3 Å². The highest BCUT2D eigenvalue weighted by Gasteiger charge is 1.87. The van der Waals surface area contributed by atoms with E-state index in [1.54, 1.807) is 0 Å². The molecule has 4 nitrogen and oxygen atoms in total. The highest BCUT2D eigenvalue weighted by molar-refractivity contribution is 4.49. The molecule has 0 unspecified atom stereocenters. The first-order valence-corrected chi connectivity index (χ1v) is 4.19. The van der Waals surface area contributed by atoms with Gasteiger partial charge in [0.2, 0.25) is 0 Å². The molecule has 0 aromatic heterocycles. The largest absolute Gasteiger partial charge is 0.330 e. The number of nitrogens with two attached hydrogens (primary N) is 1. The van der Waals surface area contributed by atoms with Crippen LogP contribution in [0.4, 0.5) is 0 Å². The Hall–Kier alpha value is -0.160. The van der Waals surface area contributed by atoms with E-state index in [2.05, 4.69) is 10.8 Å². The molecule has 5 N–H and O–H groups in total. The Morgan fingerprint density at radius 1 is 1.00 bits per heavy atom. The smallest absolute Gasteiger partial charge is 0.0219 e. The minimum absolute atomic E-state index is 0.657. The van der Waals surface area contributed by atoms with Crippen LogP contribution in [0.15, 0.2) is 0 Å². The molecule has 0 heterocycles. The van der Waals surface area contributed by atoms with Gasteiger partial charge in [0, 0.05) is 6.54 Å². The average molecular weight is 161 g/mol. The minimum atomic E-state index is 0.657. The molecule has 0 atom stereocenters. The Morgan fingerprint density at radius 3 is 2.36 bits per heavy atom. The molecular formula is C7H19N3O. The molecule has 0 saturated heterocycles. The lowest BCUT2D eigenvalue weighted by molar-refractivity contribution is 0.165. The molecule has 11 heavy (non-hydrogen) atoms. The first-order valence-electron chi connectivity index (χ1n) is 4.19. The molecule has 0 aliphatic rings. The number of hydrogen-bond donors (Lipinski definition) is 4. The second-order valence-corrected chi connectivity index (χ2v) is 2.51. The van der Waals surface area contributed by atoms with Crippen LogP contribution in [0, 0.1) is 0 Å². The van der Waals surface area contributed by atoms with Crippen molar-refractivity contribution >= 4 is 0 Å². The predicted octanol–water partition coefficient (Wildman–Crippen LogP) is -0.316. The van der Waals surface area contributed by atoms with Crippen molar-refractivity contribution in [3.63, 3.8) is 0 Å². The quantitative estimate of drug-likeness (QED) is 0.291. The lowest BCUT2D eigenvalue weighted by Crippen LogP contribution is -2.21. The fourth-order valence-electron chi connectivity index (χ4n) is 0.812. The molecule has 0 amide bonds. The molecule has 0 rings (SSSR count). The van der Waals surface area contributed by atoms with Gasteiger partial charge >= 0.3 is 0 Å². The summed E-state index contributed by atoms with van der Waals surface area (Å²) in [6.07, 6.45) is 3.19. The summed E-state index contributed by atoms with van der Waals surface area (Å²) < 4.78 is 0. The van der Waals surface area contributed by atoms with E-state index in [0.717, 1.165) is 38.9 Å². The fourth-order valence-corrected chi connectivity index (χ4v) is 0.812. The number of hydrogen-bond acceptors (Lipinski definition) is 4. The zero-order valence-electron chi connectivity index (χ0n) is 6.97. The lowest BCUT2D eigenvalue weighted by Gasteiger charge is -2.02. The molecule has 0 bridgehead atoms. The Bertz CT molecular complexity index is 62.7. The third-order valence-corrected chi connectivity index (χ3v) is 1.45. The van der Waals surface area contributed by atoms with E-state index >= 15 is 0 Å². The van der Waals surface area contributed by atoms with Crippen LogP contribution < -0.4 is 16.5 Å². The van der Waals surface area contributed by atoms with Crippen LogP contribution in [0.1, 0.15) is 19.3 Å². The van der Waals surface area contributed by atoms with Crippen LogP contribution >= 0.6 is 0 Å². The van der Waals surface area contributed by atoms with Gasteiger partial charge in [0.25, 0.3) is 0 Å². The second-order valence-electron chi connectivity index (χ2n) is 2.51. The third-order valence-electron chi connectivity index (χ3n) is 1.45. The van der Waals surface area contributed by atoms with Gasteiger partial charge in [-0.15, -0.1) is 0 Å². The van der Waals surface area contributed by atoms with Crippen molar-refractivity contribution in [3.05, 3.63) is 0 Å². The summed E-state index contributed by atoms with van der Waals surface area (Å²) >= 11 is 0. The normalized spacial score (nSPS) is 10.4.